The second-order valence-electron chi connectivity index (χ2n) is 2.34. The average Bonchev–Trinajstić information content (AvgIpc) is 2.09. The fourth-order valence-electron chi connectivity index (χ4n) is 0.780. The van der Waals surface area contributed by atoms with E-state index in [1.165, 1.54) is 0 Å². The molecule has 0 amide bonds. The number of hydrogen-bond donors (Lipinski definition) is 1. The number of rotatable bonds is 4. The van der Waals surface area contributed by atoms with Crippen LogP contribution in [0.5, 0.6) is 0 Å². The molecule has 1 N–H and O–H groups in total. The van der Waals surface area contributed by atoms with Crippen LogP contribution in [0, 0.1) is 0 Å². The third-order valence-corrected chi connectivity index (χ3v) is 1.86. The van der Waals surface area contributed by atoms with Crippen molar-refractivity contribution in [3.63, 3.8) is 0 Å². The number of anilines is 1. The summed E-state index contributed by atoms with van der Waals surface area (Å²) in [5, 5.41) is 3.68. The maximum Gasteiger partial charge on any atom is 0.129 e. The summed E-state index contributed by atoms with van der Waals surface area (Å²) >= 11 is 11.1. The Morgan fingerprint density at radius 2 is 2.25 bits per heavy atom. The molecule has 0 fully saturated rings. The molecule has 1 rings (SSSR count). The Bertz CT molecular complexity index is 223. The highest BCUT2D eigenvalue weighted by molar-refractivity contribution is 6.29. The van der Waals surface area contributed by atoms with E-state index in [9.17, 15) is 0 Å². The van der Waals surface area contributed by atoms with Crippen molar-refractivity contribution >= 4 is 28.9 Å². The minimum absolute atomic E-state index is 0.512. The number of nitrogens with one attached hydrogen (secondary N) is 1. The Labute approximate surface area is 81.9 Å². The van der Waals surface area contributed by atoms with Crippen molar-refractivity contribution in [2.24, 2.45) is 0 Å². The molecule has 12 heavy (non-hydrogen) atoms. The molecule has 0 saturated heterocycles. The number of nitrogens with zero attached hydrogens (tertiary/aromatic N) is 1. The maximum absolute atomic E-state index is 5.61. The van der Waals surface area contributed by atoms with Gasteiger partial charge in [0.2, 0.25) is 0 Å². The molecular formula is C8H10Cl2N2. The van der Waals surface area contributed by atoms with Crippen molar-refractivity contribution in [1.82, 2.24) is 4.98 Å². The van der Waals surface area contributed by atoms with E-state index in [0.29, 0.717) is 11.0 Å². The Hall–Kier alpha value is -0.470. The van der Waals surface area contributed by atoms with Crippen LogP contribution in [0.2, 0.25) is 5.15 Å². The summed E-state index contributed by atoms with van der Waals surface area (Å²) in [5.41, 5.74) is 0.976. The highest BCUT2D eigenvalue weighted by Gasteiger charge is 1.91. The van der Waals surface area contributed by atoms with Crippen LogP contribution in [0.15, 0.2) is 18.3 Å². The first kappa shape index (κ1) is 9.62. The smallest absolute Gasteiger partial charge is 0.129 e. The van der Waals surface area contributed by atoms with Crippen molar-refractivity contribution in [3.05, 3.63) is 23.5 Å². The number of alkyl halides is 1. The lowest BCUT2D eigenvalue weighted by Gasteiger charge is -2.03. The molecule has 0 unspecified atom stereocenters. The summed E-state index contributed by atoms with van der Waals surface area (Å²) in [6.45, 7) is 0.868. The van der Waals surface area contributed by atoms with Gasteiger partial charge in [0.1, 0.15) is 5.15 Å². The second kappa shape index (κ2) is 5.22. The van der Waals surface area contributed by atoms with Crippen LogP contribution in [0.1, 0.15) is 6.42 Å². The summed E-state index contributed by atoms with van der Waals surface area (Å²) in [6.07, 6.45) is 2.65. The lowest BCUT2D eigenvalue weighted by molar-refractivity contribution is 0.985. The molecule has 1 aromatic rings. The van der Waals surface area contributed by atoms with Crippen molar-refractivity contribution in [3.8, 4) is 0 Å². The predicted molar refractivity (Wildman–Crippen MR) is 53.1 cm³/mol. The van der Waals surface area contributed by atoms with E-state index < -0.39 is 0 Å². The van der Waals surface area contributed by atoms with Gasteiger partial charge in [-0.1, -0.05) is 11.6 Å². The molecule has 0 saturated carbocycles. The van der Waals surface area contributed by atoms with Gasteiger partial charge in [0.05, 0.1) is 11.9 Å². The lowest BCUT2D eigenvalue weighted by Crippen LogP contribution is -2.01. The average molecular weight is 205 g/mol. The van der Waals surface area contributed by atoms with Gasteiger partial charge in [-0.25, -0.2) is 4.98 Å². The van der Waals surface area contributed by atoms with Gasteiger partial charge in [-0.15, -0.1) is 11.6 Å². The van der Waals surface area contributed by atoms with Gasteiger partial charge in [-0.3, -0.25) is 0 Å². The van der Waals surface area contributed by atoms with E-state index in [1.54, 1.807) is 12.3 Å². The Morgan fingerprint density at radius 1 is 1.42 bits per heavy atom. The quantitative estimate of drug-likeness (QED) is 0.464. The first-order valence-electron chi connectivity index (χ1n) is 3.74. The van der Waals surface area contributed by atoms with Crippen molar-refractivity contribution < 1.29 is 0 Å². The molecule has 4 heteroatoms. The number of halogens is 2. The topological polar surface area (TPSA) is 24.9 Å². The van der Waals surface area contributed by atoms with Gasteiger partial charge >= 0.3 is 0 Å². The Balaban J connectivity index is 2.37. The summed E-state index contributed by atoms with van der Waals surface area (Å²) in [5.74, 6) is 0.675. The molecule has 0 aliphatic heterocycles. The second-order valence-corrected chi connectivity index (χ2v) is 3.10. The van der Waals surface area contributed by atoms with Crippen LogP contribution in [0.25, 0.3) is 0 Å². The molecular weight excluding hydrogens is 195 g/mol. The fourth-order valence-corrected chi connectivity index (χ4v) is 1.03. The zero-order chi connectivity index (χ0) is 8.81. The van der Waals surface area contributed by atoms with Crippen LogP contribution in [-0.4, -0.2) is 17.4 Å². The van der Waals surface area contributed by atoms with Gasteiger partial charge in [0.15, 0.2) is 0 Å². The van der Waals surface area contributed by atoms with E-state index >= 15 is 0 Å². The molecule has 0 aliphatic carbocycles. The van der Waals surface area contributed by atoms with E-state index in [-0.39, 0.29) is 0 Å². The summed E-state index contributed by atoms with van der Waals surface area (Å²) < 4.78 is 0. The minimum atomic E-state index is 0.512. The third kappa shape index (κ3) is 3.28. The fraction of sp³-hybridized carbons (Fsp3) is 0.375. The number of pyridine rings is 1. The summed E-state index contributed by atoms with van der Waals surface area (Å²) in [7, 11) is 0. The van der Waals surface area contributed by atoms with Gasteiger partial charge < -0.3 is 5.32 Å². The molecule has 0 aliphatic rings. The zero-order valence-corrected chi connectivity index (χ0v) is 8.07. The largest absolute Gasteiger partial charge is 0.384 e. The van der Waals surface area contributed by atoms with E-state index in [0.717, 1.165) is 18.7 Å². The van der Waals surface area contributed by atoms with Crippen LogP contribution >= 0.6 is 23.2 Å². The van der Waals surface area contributed by atoms with Crippen LogP contribution in [-0.2, 0) is 0 Å². The third-order valence-electron chi connectivity index (χ3n) is 1.37. The normalized spacial score (nSPS) is 9.83. The number of hydrogen-bond acceptors (Lipinski definition) is 2. The van der Waals surface area contributed by atoms with Crippen molar-refractivity contribution in [1.29, 1.82) is 0 Å². The molecule has 0 atom stereocenters. The summed E-state index contributed by atoms with van der Waals surface area (Å²) in [6, 6.07) is 3.65. The molecule has 1 aromatic heterocycles. The minimum Gasteiger partial charge on any atom is -0.384 e. The van der Waals surface area contributed by atoms with E-state index in [1.807, 2.05) is 6.07 Å². The lowest BCUT2D eigenvalue weighted by atomic mass is 10.4. The molecule has 0 bridgehead atoms. The molecule has 0 aromatic carbocycles. The maximum atomic E-state index is 5.61. The molecule has 1 heterocycles. The van der Waals surface area contributed by atoms with Gasteiger partial charge in [-0.2, -0.15) is 0 Å². The monoisotopic (exact) mass is 204 g/mol. The number of aromatic nitrogens is 1. The van der Waals surface area contributed by atoms with Crippen molar-refractivity contribution in [2.75, 3.05) is 17.7 Å². The highest BCUT2D eigenvalue weighted by Crippen LogP contribution is 2.09. The Kier molecular flexibility index (Phi) is 4.19. The molecule has 0 radical (unpaired) electrons. The molecule has 2 nitrogen and oxygen atoms in total. The van der Waals surface area contributed by atoms with E-state index in [2.05, 4.69) is 10.3 Å². The summed E-state index contributed by atoms with van der Waals surface area (Å²) in [4.78, 5) is 3.93. The first-order valence-corrected chi connectivity index (χ1v) is 4.65. The predicted octanol–water partition coefficient (Wildman–Crippen LogP) is 2.78. The standard InChI is InChI=1S/C8H10Cl2N2/c9-4-1-5-11-7-2-3-8(10)12-6-7/h2-3,6,11H,1,4-5H2. The SMILES string of the molecule is ClCCCNc1ccc(Cl)nc1. The van der Waals surface area contributed by atoms with Crippen LogP contribution in [0.4, 0.5) is 5.69 Å². The Morgan fingerprint density at radius 3 is 2.83 bits per heavy atom. The van der Waals surface area contributed by atoms with Crippen LogP contribution in [0.3, 0.4) is 0 Å². The van der Waals surface area contributed by atoms with Gasteiger partial charge in [-0.05, 0) is 18.6 Å². The molecule has 0 spiro atoms. The van der Waals surface area contributed by atoms with Gasteiger partial charge in [0, 0.05) is 12.4 Å². The van der Waals surface area contributed by atoms with Gasteiger partial charge in [0.25, 0.3) is 0 Å². The first-order chi connectivity index (χ1) is 5.83. The van der Waals surface area contributed by atoms with Crippen molar-refractivity contribution in [2.45, 2.75) is 6.42 Å². The molecule has 66 valence electrons. The highest BCUT2D eigenvalue weighted by atomic mass is 35.5. The van der Waals surface area contributed by atoms with E-state index in [4.69, 9.17) is 23.2 Å². The van der Waals surface area contributed by atoms with Crippen LogP contribution < -0.4 is 5.32 Å². The zero-order valence-electron chi connectivity index (χ0n) is 6.56.